The minimum atomic E-state index is -0.242. The van der Waals surface area contributed by atoms with E-state index in [9.17, 15) is 14.9 Å². The zero-order chi connectivity index (χ0) is 24.0. The Kier molecular flexibility index (Phi) is 9.12. The molecule has 7 nitrogen and oxygen atoms in total. The maximum atomic E-state index is 13.3. The molecule has 2 fully saturated rings. The van der Waals surface area contributed by atoms with Gasteiger partial charge in [0.05, 0.1) is 4.91 Å². The summed E-state index contributed by atoms with van der Waals surface area (Å²) in [6, 6.07) is 2.12. The van der Waals surface area contributed by atoms with Gasteiger partial charge in [0.15, 0.2) is 0 Å². The summed E-state index contributed by atoms with van der Waals surface area (Å²) in [5.74, 6) is 0.698. The first-order chi connectivity index (χ1) is 15.9. The van der Waals surface area contributed by atoms with Crippen molar-refractivity contribution in [3.8, 4) is 6.07 Å². The number of amides is 1. The van der Waals surface area contributed by atoms with E-state index in [1.165, 1.54) is 18.2 Å². The maximum Gasteiger partial charge on any atom is 0.270 e. The molecule has 33 heavy (non-hydrogen) atoms. The fourth-order valence-electron chi connectivity index (χ4n) is 4.31. The number of methoxy groups -OCH3 is 1. The van der Waals surface area contributed by atoms with Gasteiger partial charge in [-0.1, -0.05) is 37.3 Å². The van der Waals surface area contributed by atoms with Crippen LogP contribution in [0.15, 0.2) is 9.70 Å². The maximum absolute atomic E-state index is 13.3. The Hall–Kier alpha value is -2.15. The molecule has 178 valence electrons. The second kappa shape index (κ2) is 11.8. The molecular formula is C24H32N4O3S2. The monoisotopic (exact) mass is 488 g/mol. The first kappa shape index (κ1) is 25.5. The molecule has 0 N–H and O–H groups in total. The van der Waals surface area contributed by atoms with E-state index in [1.807, 2.05) is 13.0 Å². The number of nitriles is 1. The Balaban J connectivity index is 2.13. The van der Waals surface area contributed by atoms with Crippen LogP contribution in [0.2, 0.25) is 0 Å². The molecule has 0 atom stereocenters. The van der Waals surface area contributed by atoms with Crippen molar-refractivity contribution in [3.63, 3.8) is 0 Å². The molecule has 2 saturated heterocycles. The van der Waals surface area contributed by atoms with Crippen molar-refractivity contribution >= 4 is 46.1 Å². The van der Waals surface area contributed by atoms with Crippen molar-refractivity contribution in [3.05, 3.63) is 31.9 Å². The van der Waals surface area contributed by atoms with Gasteiger partial charge in [-0.2, -0.15) is 5.26 Å². The van der Waals surface area contributed by atoms with Crippen LogP contribution < -0.4 is 10.5 Å². The van der Waals surface area contributed by atoms with Crippen LogP contribution in [0.4, 0.5) is 5.82 Å². The lowest BCUT2D eigenvalue weighted by molar-refractivity contribution is -0.122. The summed E-state index contributed by atoms with van der Waals surface area (Å²) in [6.45, 7) is 7.22. The molecule has 0 saturated carbocycles. The molecule has 9 heteroatoms. The topological polar surface area (TPSA) is 78.6 Å². The third-order valence-corrected chi connectivity index (χ3v) is 7.49. The summed E-state index contributed by atoms with van der Waals surface area (Å²) in [5.41, 5.74) is 1.31. The van der Waals surface area contributed by atoms with Gasteiger partial charge in [-0.3, -0.25) is 19.1 Å². The minimum absolute atomic E-state index is 0.130. The summed E-state index contributed by atoms with van der Waals surface area (Å²) in [5, 5.41) is 9.78. The molecule has 0 unspecified atom stereocenters. The zero-order valence-electron chi connectivity index (χ0n) is 19.7. The minimum Gasteiger partial charge on any atom is -0.385 e. The largest absolute Gasteiger partial charge is 0.385 e. The van der Waals surface area contributed by atoms with Gasteiger partial charge < -0.3 is 9.64 Å². The second-order valence-electron chi connectivity index (χ2n) is 8.39. The number of nitrogens with zero attached hydrogens (tertiary/aromatic N) is 4. The van der Waals surface area contributed by atoms with Crippen LogP contribution in [-0.2, 0) is 16.1 Å². The van der Waals surface area contributed by atoms with E-state index in [2.05, 4.69) is 17.9 Å². The van der Waals surface area contributed by atoms with Gasteiger partial charge in [-0.05, 0) is 50.7 Å². The number of thioether (sulfide) groups is 1. The summed E-state index contributed by atoms with van der Waals surface area (Å²) in [4.78, 5) is 30.8. The third-order valence-electron chi connectivity index (χ3n) is 6.12. The van der Waals surface area contributed by atoms with Crippen LogP contribution in [0.1, 0.15) is 62.1 Å². The molecule has 2 aliphatic heterocycles. The van der Waals surface area contributed by atoms with Gasteiger partial charge in [0.1, 0.15) is 21.8 Å². The van der Waals surface area contributed by atoms with Crippen molar-refractivity contribution in [1.82, 2.24) is 9.47 Å². The lowest BCUT2D eigenvalue weighted by Crippen LogP contribution is -2.37. The average Bonchev–Trinajstić information content (AvgIpc) is 3.08. The molecule has 1 aromatic rings. The number of ether oxygens (including phenoxy) is 1. The Morgan fingerprint density at radius 3 is 2.55 bits per heavy atom. The number of carbonyl (C=O) groups is 1. The Morgan fingerprint density at radius 2 is 1.91 bits per heavy atom. The number of carbonyl (C=O) groups excluding carboxylic acids is 1. The number of unbranched alkanes of at least 4 members (excludes halogenated alkanes) is 1. The molecule has 0 aliphatic carbocycles. The highest BCUT2D eigenvalue weighted by atomic mass is 32.2. The van der Waals surface area contributed by atoms with Crippen LogP contribution in [0.5, 0.6) is 0 Å². The van der Waals surface area contributed by atoms with Crippen LogP contribution in [0.3, 0.4) is 0 Å². The number of piperidine rings is 1. The predicted molar refractivity (Wildman–Crippen MR) is 137 cm³/mol. The highest BCUT2D eigenvalue weighted by molar-refractivity contribution is 8.26. The van der Waals surface area contributed by atoms with Crippen molar-refractivity contribution in [2.45, 2.75) is 58.9 Å². The number of rotatable bonds is 9. The zero-order valence-corrected chi connectivity index (χ0v) is 21.3. The van der Waals surface area contributed by atoms with Crippen LogP contribution in [-0.4, -0.2) is 53.0 Å². The molecule has 2 aliphatic rings. The van der Waals surface area contributed by atoms with Crippen molar-refractivity contribution in [1.29, 1.82) is 5.26 Å². The van der Waals surface area contributed by atoms with Crippen LogP contribution in [0, 0.1) is 18.3 Å². The molecule has 1 aromatic heterocycles. The highest BCUT2D eigenvalue weighted by Gasteiger charge is 2.33. The molecule has 0 radical (unpaired) electrons. The van der Waals surface area contributed by atoms with Gasteiger partial charge >= 0.3 is 0 Å². The van der Waals surface area contributed by atoms with E-state index in [0.29, 0.717) is 40.9 Å². The van der Waals surface area contributed by atoms with Gasteiger partial charge in [-0.25, -0.2) is 0 Å². The van der Waals surface area contributed by atoms with E-state index < -0.39 is 0 Å². The van der Waals surface area contributed by atoms with Crippen LogP contribution in [0.25, 0.3) is 6.08 Å². The summed E-state index contributed by atoms with van der Waals surface area (Å²) < 4.78 is 7.39. The number of hydrogen-bond acceptors (Lipinski definition) is 7. The number of thiocarbonyl (C=S) groups is 1. The quantitative estimate of drug-likeness (QED) is 0.295. The first-order valence-electron chi connectivity index (χ1n) is 11.6. The molecule has 0 aromatic carbocycles. The van der Waals surface area contributed by atoms with E-state index in [0.717, 1.165) is 50.2 Å². The molecular weight excluding hydrogens is 456 g/mol. The van der Waals surface area contributed by atoms with Crippen molar-refractivity contribution in [2.75, 3.05) is 38.3 Å². The molecule has 0 spiro atoms. The predicted octanol–water partition coefficient (Wildman–Crippen LogP) is 4.06. The smallest absolute Gasteiger partial charge is 0.270 e. The molecule has 3 rings (SSSR count). The number of anilines is 1. The number of hydrogen-bond donors (Lipinski definition) is 0. The van der Waals surface area contributed by atoms with E-state index >= 15 is 0 Å². The molecule has 0 bridgehead atoms. The normalized spacial score (nSPS) is 17.8. The number of pyridine rings is 1. The Labute approximate surface area is 205 Å². The van der Waals surface area contributed by atoms with E-state index in [-0.39, 0.29) is 17.0 Å². The van der Waals surface area contributed by atoms with Crippen molar-refractivity contribution in [2.24, 2.45) is 0 Å². The fourth-order valence-corrected chi connectivity index (χ4v) is 5.60. The molecule has 1 amide bonds. The Morgan fingerprint density at radius 1 is 1.18 bits per heavy atom. The lowest BCUT2D eigenvalue weighted by Gasteiger charge is -2.33. The van der Waals surface area contributed by atoms with Crippen LogP contribution >= 0.6 is 24.0 Å². The van der Waals surface area contributed by atoms with Gasteiger partial charge in [0, 0.05) is 45.5 Å². The van der Waals surface area contributed by atoms with Gasteiger partial charge in [0.25, 0.3) is 11.5 Å². The lowest BCUT2D eigenvalue weighted by atomic mass is 10.0. The highest BCUT2D eigenvalue weighted by Crippen LogP contribution is 2.36. The molecule has 3 heterocycles. The van der Waals surface area contributed by atoms with E-state index in [4.69, 9.17) is 17.0 Å². The third kappa shape index (κ3) is 5.51. The average molecular weight is 489 g/mol. The van der Waals surface area contributed by atoms with Crippen molar-refractivity contribution < 1.29 is 9.53 Å². The van der Waals surface area contributed by atoms with Gasteiger partial charge in [-0.15, -0.1) is 0 Å². The fraction of sp³-hybridized carbons (Fsp3) is 0.583. The SMILES string of the molecule is CCCCn1c(N2CCCCC2)c(C=C2SC(=S)N(CCCOC)C2=O)c(C)c(C#N)c1=O. The number of aromatic nitrogens is 1. The summed E-state index contributed by atoms with van der Waals surface area (Å²) >= 11 is 6.75. The summed E-state index contributed by atoms with van der Waals surface area (Å²) in [6.07, 6.45) is 7.61. The first-order valence-corrected chi connectivity index (χ1v) is 12.8. The van der Waals surface area contributed by atoms with E-state index in [1.54, 1.807) is 16.6 Å². The second-order valence-corrected chi connectivity index (χ2v) is 10.1. The standard InChI is InChI=1S/C24H32N4O3S2/c1-4-5-12-27-21(26-10-7-6-8-11-26)18(17(2)19(16-25)22(27)29)15-20-23(30)28(24(32)33-20)13-9-14-31-3/h15H,4-14H2,1-3H3. The van der Waals surface area contributed by atoms with Gasteiger partial charge in [0.2, 0.25) is 0 Å². The Bertz CT molecular complexity index is 1040. The summed E-state index contributed by atoms with van der Waals surface area (Å²) in [7, 11) is 1.63.